The summed E-state index contributed by atoms with van der Waals surface area (Å²) in [5.74, 6) is 1.42. The molecule has 3 nitrogen and oxygen atoms in total. The summed E-state index contributed by atoms with van der Waals surface area (Å²) in [7, 11) is 1.64. The van der Waals surface area contributed by atoms with Crippen LogP contribution < -0.4 is 9.47 Å². The van der Waals surface area contributed by atoms with Crippen LogP contribution in [0.15, 0.2) is 88.7 Å². The zero-order chi connectivity index (χ0) is 22.1. The molecule has 0 aliphatic carbocycles. The molecule has 1 heterocycles. The molecular formula is C27H19IO3S. The summed E-state index contributed by atoms with van der Waals surface area (Å²) in [6.45, 7) is 0.442. The van der Waals surface area contributed by atoms with Gasteiger partial charge in [-0.1, -0.05) is 66.4 Å². The number of hydrogen-bond acceptors (Lipinski definition) is 4. The van der Waals surface area contributed by atoms with E-state index in [1.165, 1.54) is 22.5 Å². The molecule has 0 spiro atoms. The number of halogens is 1. The monoisotopic (exact) mass is 550 g/mol. The molecule has 0 unspecified atom stereocenters. The number of benzene rings is 4. The van der Waals surface area contributed by atoms with Crippen LogP contribution in [0.1, 0.15) is 21.5 Å². The van der Waals surface area contributed by atoms with E-state index in [1.54, 1.807) is 7.11 Å². The average Bonchev–Trinajstić information content (AvgIpc) is 3.13. The van der Waals surface area contributed by atoms with Gasteiger partial charge in [-0.3, -0.25) is 4.79 Å². The molecule has 5 rings (SSSR count). The fourth-order valence-electron chi connectivity index (χ4n) is 3.82. The minimum Gasteiger partial charge on any atom is -0.493 e. The first-order valence-electron chi connectivity index (χ1n) is 10.1. The zero-order valence-corrected chi connectivity index (χ0v) is 20.3. The van der Waals surface area contributed by atoms with Crippen LogP contribution in [-0.4, -0.2) is 12.9 Å². The molecule has 1 aliphatic heterocycles. The summed E-state index contributed by atoms with van der Waals surface area (Å²) < 4.78 is 12.8. The molecular weight excluding hydrogens is 531 g/mol. The zero-order valence-electron chi connectivity index (χ0n) is 17.3. The molecule has 0 saturated carbocycles. The number of rotatable bonds is 5. The van der Waals surface area contributed by atoms with E-state index >= 15 is 0 Å². The fourth-order valence-corrected chi connectivity index (χ4v) is 5.65. The number of allylic oxidation sites excluding steroid dienone is 1. The molecule has 0 bridgehead atoms. The highest BCUT2D eigenvalue weighted by Crippen LogP contribution is 2.42. The summed E-state index contributed by atoms with van der Waals surface area (Å²) in [6.07, 6.45) is 1.92. The normalized spacial score (nSPS) is 14.1. The second-order valence-electron chi connectivity index (χ2n) is 7.40. The van der Waals surface area contributed by atoms with Crippen molar-refractivity contribution >= 4 is 57.0 Å². The lowest BCUT2D eigenvalue weighted by atomic mass is 10.1. The summed E-state index contributed by atoms with van der Waals surface area (Å²) in [5, 5.41) is 2.37. The lowest BCUT2D eigenvalue weighted by Gasteiger charge is -2.15. The van der Waals surface area contributed by atoms with Crippen molar-refractivity contribution in [1.82, 2.24) is 0 Å². The molecule has 0 atom stereocenters. The van der Waals surface area contributed by atoms with Crippen molar-refractivity contribution in [2.75, 3.05) is 7.11 Å². The Bertz CT molecular complexity index is 1370. The fraction of sp³-hybridized carbons (Fsp3) is 0.0741. The first-order chi connectivity index (χ1) is 15.6. The van der Waals surface area contributed by atoms with E-state index in [0.29, 0.717) is 23.0 Å². The first-order valence-corrected chi connectivity index (χ1v) is 12.0. The van der Waals surface area contributed by atoms with Crippen molar-refractivity contribution in [1.29, 1.82) is 0 Å². The van der Waals surface area contributed by atoms with Gasteiger partial charge >= 0.3 is 0 Å². The number of carbonyl (C=O) groups is 1. The van der Waals surface area contributed by atoms with Gasteiger partial charge in [-0.05, 0) is 74.8 Å². The summed E-state index contributed by atoms with van der Waals surface area (Å²) in [4.78, 5) is 14.4. The number of thioether (sulfide) groups is 1. The highest BCUT2D eigenvalue weighted by Gasteiger charge is 2.25. The van der Waals surface area contributed by atoms with Gasteiger partial charge in [0.05, 0.1) is 15.6 Å². The van der Waals surface area contributed by atoms with E-state index in [0.717, 1.165) is 25.2 Å². The molecule has 158 valence electrons. The van der Waals surface area contributed by atoms with E-state index in [1.807, 2.05) is 60.7 Å². The number of fused-ring (bicyclic) bond motifs is 2. The van der Waals surface area contributed by atoms with Crippen LogP contribution in [0.4, 0.5) is 0 Å². The Hall–Kier alpha value is -2.77. The lowest BCUT2D eigenvalue weighted by Crippen LogP contribution is -2.01. The summed E-state index contributed by atoms with van der Waals surface area (Å²) in [6, 6.07) is 26.2. The summed E-state index contributed by atoms with van der Waals surface area (Å²) >= 11 is 3.77. The van der Waals surface area contributed by atoms with Gasteiger partial charge in [0.2, 0.25) is 5.78 Å². The molecule has 4 aromatic rings. The van der Waals surface area contributed by atoms with Gasteiger partial charge in [0.15, 0.2) is 11.5 Å². The minimum absolute atomic E-state index is 0.0656. The maximum atomic E-state index is 12.7. The van der Waals surface area contributed by atoms with Gasteiger partial charge in [-0.25, -0.2) is 0 Å². The number of carbonyl (C=O) groups excluding carboxylic acids is 1. The molecule has 5 heteroatoms. The third-order valence-corrected chi connectivity index (χ3v) is 7.28. The summed E-state index contributed by atoms with van der Waals surface area (Å²) in [5.41, 5.74) is 2.80. The van der Waals surface area contributed by atoms with E-state index in [2.05, 4.69) is 46.9 Å². The highest BCUT2D eigenvalue weighted by molar-refractivity contribution is 14.1. The standard InChI is InChI=1S/C27H19IO3S/c1-30-23-14-17(15-25-26(29)21-11-4-5-12-24(21)32-25)13-22(28)27(23)31-16-19-9-6-8-18-7-2-3-10-20(18)19/h2-15H,16H2,1H3/b25-15-. The maximum absolute atomic E-state index is 12.7. The Labute approximate surface area is 204 Å². The number of methoxy groups -OCH3 is 1. The number of hydrogen-bond donors (Lipinski definition) is 0. The Kier molecular flexibility index (Phi) is 5.93. The smallest absolute Gasteiger partial charge is 0.200 e. The van der Waals surface area contributed by atoms with Crippen LogP contribution >= 0.6 is 34.4 Å². The van der Waals surface area contributed by atoms with Crippen LogP contribution in [0.2, 0.25) is 0 Å². The minimum atomic E-state index is 0.0656. The van der Waals surface area contributed by atoms with Crippen LogP contribution in [0, 0.1) is 3.57 Å². The molecule has 4 aromatic carbocycles. The van der Waals surface area contributed by atoms with E-state index in [9.17, 15) is 4.79 Å². The Morgan fingerprint density at radius 1 is 0.969 bits per heavy atom. The van der Waals surface area contributed by atoms with Gasteiger partial charge in [-0.15, -0.1) is 0 Å². The van der Waals surface area contributed by atoms with Crippen LogP contribution in [0.25, 0.3) is 16.8 Å². The van der Waals surface area contributed by atoms with Crippen LogP contribution in [-0.2, 0) is 6.61 Å². The van der Waals surface area contributed by atoms with Crippen LogP contribution in [0.3, 0.4) is 0 Å². The molecule has 0 N–H and O–H groups in total. The SMILES string of the molecule is COc1cc(/C=C2\Sc3ccccc3C2=O)cc(I)c1OCc1cccc2ccccc12. The van der Waals surface area contributed by atoms with Crippen molar-refractivity contribution in [2.45, 2.75) is 11.5 Å². The predicted octanol–water partition coefficient (Wildman–Crippen LogP) is 7.36. The Morgan fingerprint density at radius 3 is 2.59 bits per heavy atom. The topological polar surface area (TPSA) is 35.5 Å². The Morgan fingerprint density at radius 2 is 1.75 bits per heavy atom. The van der Waals surface area contributed by atoms with Gasteiger partial charge in [0.1, 0.15) is 6.61 Å². The van der Waals surface area contributed by atoms with Gasteiger partial charge in [0.25, 0.3) is 0 Å². The van der Waals surface area contributed by atoms with E-state index in [4.69, 9.17) is 9.47 Å². The third kappa shape index (κ3) is 4.02. The van der Waals surface area contributed by atoms with Crippen molar-refractivity contribution in [3.05, 3.63) is 104 Å². The quantitative estimate of drug-likeness (QED) is 0.192. The predicted molar refractivity (Wildman–Crippen MR) is 139 cm³/mol. The van der Waals surface area contributed by atoms with Crippen molar-refractivity contribution in [3.63, 3.8) is 0 Å². The molecule has 1 aliphatic rings. The van der Waals surface area contributed by atoms with Crippen molar-refractivity contribution in [2.24, 2.45) is 0 Å². The third-order valence-electron chi connectivity index (χ3n) is 5.38. The Balaban J connectivity index is 1.42. The molecule has 0 amide bonds. The number of ether oxygens (including phenoxy) is 2. The average molecular weight is 550 g/mol. The number of ketones is 1. The van der Waals surface area contributed by atoms with Gasteiger partial charge < -0.3 is 9.47 Å². The van der Waals surface area contributed by atoms with Crippen molar-refractivity contribution in [3.8, 4) is 11.5 Å². The maximum Gasteiger partial charge on any atom is 0.200 e. The lowest BCUT2D eigenvalue weighted by molar-refractivity contribution is 0.104. The molecule has 0 saturated heterocycles. The van der Waals surface area contributed by atoms with E-state index < -0.39 is 0 Å². The van der Waals surface area contributed by atoms with E-state index in [-0.39, 0.29) is 5.78 Å². The molecule has 32 heavy (non-hydrogen) atoms. The first kappa shape index (κ1) is 21.1. The van der Waals surface area contributed by atoms with Gasteiger partial charge in [0, 0.05) is 10.5 Å². The van der Waals surface area contributed by atoms with Crippen molar-refractivity contribution < 1.29 is 14.3 Å². The van der Waals surface area contributed by atoms with Gasteiger partial charge in [-0.2, -0.15) is 0 Å². The molecule has 0 fully saturated rings. The molecule has 0 aromatic heterocycles. The van der Waals surface area contributed by atoms with Crippen LogP contribution in [0.5, 0.6) is 11.5 Å². The number of Topliss-reactive ketones (excluding diaryl/α,β-unsaturated/α-hetero) is 1. The highest BCUT2D eigenvalue weighted by atomic mass is 127. The molecule has 0 radical (unpaired) electrons. The second-order valence-corrected chi connectivity index (χ2v) is 9.64. The second kappa shape index (κ2) is 9.00. The largest absolute Gasteiger partial charge is 0.493 e.